The number of hydrogen-bond donors (Lipinski definition) is 1. The summed E-state index contributed by atoms with van der Waals surface area (Å²) in [7, 11) is 1.95. The van der Waals surface area contributed by atoms with Crippen LogP contribution < -0.4 is 5.32 Å². The topological polar surface area (TPSA) is 29.9 Å². The molecule has 0 bridgehead atoms. The van der Waals surface area contributed by atoms with Gasteiger partial charge in [-0.15, -0.1) is 0 Å². The minimum Gasteiger partial charge on any atom is -0.316 e. The summed E-state index contributed by atoms with van der Waals surface area (Å²) in [6, 6.07) is 2.17. The van der Waals surface area contributed by atoms with Crippen molar-refractivity contribution < 1.29 is 0 Å². The van der Waals surface area contributed by atoms with Gasteiger partial charge < -0.3 is 5.32 Å². The van der Waals surface area contributed by atoms with E-state index in [4.69, 9.17) is 0 Å². The summed E-state index contributed by atoms with van der Waals surface area (Å²) < 4.78 is 2.00. The van der Waals surface area contributed by atoms with Gasteiger partial charge in [0.05, 0.1) is 6.20 Å². The van der Waals surface area contributed by atoms with Gasteiger partial charge in [0.2, 0.25) is 0 Å². The Morgan fingerprint density at radius 3 is 3.13 bits per heavy atom. The van der Waals surface area contributed by atoms with Gasteiger partial charge in [0.15, 0.2) is 0 Å². The van der Waals surface area contributed by atoms with Gasteiger partial charge in [0.25, 0.3) is 0 Å². The van der Waals surface area contributed by atoms with Gasteiger partial charge in [-0.2, -0.15) is 16.4 Å². The van der Waals surface area contributed by atoms with E-state index in [0.29, 0.717) is 0 Å². The van der Waals surface area contributed by atoms with Crippen molar-refractivity contribution >= 4 is 11.3 Å². The Hall–Kier alpha value is -1.13. The number of aromatic nitrogens is 2. The minimum absolute atomic E-state index is 0.887. The molecule has 2 rings (SSSR count). The van der Waals surface area contributed by atoms with E-state index >= 15 is 0 Å². The third-order valence-electron chi connectivity index (χ3n) is 2.28. The largest absolute Gasteiger partial charge is 0.316 e. The summed E-state index contributed by atoms with van der Waals surface area (Å²) in [4.78, 5) is 0. The molecular weight excluding hydrogens is 206 g/mol. The molecule has 0 aliphatic heterocycles. The average molecular weight is 221 g/mol. The third-order valence-corrected chi connectivity index (χ3v) is 3.01. The van der Waals surface area contributed by atoms with Crippen molar-refractivity contribution in [1.29, 1.82) is 0 Å². The van der Waals surface area contributed by atoms with Crippen molar-refractivity contribution in [2.45, 2.75) is 19.5 Å². The summed E-state index contributed by atoms with van der Waals surface area (Å²) in [5.74, 6) is 0. The fourth-order valence-electron chi connectivity index (χ4n) is 1.50. The second kappa shape index (κ2) is 5.09. The van der Waals surface area contributed by atoms with Gasteiger partial charge in [-0.05, 0) is 35.9 Å². The first kappa shape index (κ1) is 10.4. The van der Waals surface area contributed by atoms with E-state index in [1.54, 1.807) is 11.3 Å². The Labute approximate surface area is 93.7 Å². The molecule has 0 unspecified atom stereocenters. The highest BCUT2D eigenvalue weighted by molar-refractivity contribution is 7.07. The van der Waals surface area contributed by atoms with Crippen LogP contribution in [0.4, 0.5) is 0 Å². The van der Waals surface area contributed by atoms with Crippen molar-refractivity contribution in [3.8, 4) is 0 Å². The van der Waals surface area contributed by atoms with Crippen LogP contribution >= 0.6 is 11.3 Å². The molecule has 15 heavy (non-hydrogen) atoms. The maximum Gasteiger partial charge on any atom is 0.0534 e. The molecule has 0 amide bonds. The average Bonchev–Trinajstić information content (AvgIpc) is 2.85. The predicted molar refractivity (Wildman–Crippen MR) is 63.0 cm³/mol. The molecule has 0 spiro atoms. The highest BCUT2D eigenvalue weighted by Crippen LogP contribution is 2.07. The standard InChI is InChI=1S/C11H15N3S/c1-12-6-11-7-13-14(8-11)4-2-10-3-5-15-9-10/h3,5,7-9,12H,2,4,6H2,1H3. The molecule has 1 N–H and O–H groups in total. The second-order valence-corrected chi connectivity index (χ2v) is 4.30. The lowest BCUT2D eigenvalue weighted by atomic mass is 10.2. The number of thiophene rings is 1. The quantitative estimate of drug-likeness (QED) is 0.836. The molecule has 4 heteroatoms. The summed E-state index contributed by atoms with van der Waals surface area (Å²) in [5.41, 5.74) is 2.63. The van der Waals surface area contributed by atoms with Crippen LogP contribution in [0.25, 0.3) is 0 Å². The monoisotopic (exact) mass is 221 g/mol. The first-order valence-electron chi connectivity index (χ1n) is 5.05. The summed E-state index contributed by atoms with van der Waals surface area (Å²) in [6.45, 7) is 1.85. The van der Waals surface area contributed by atoms with Crippen molar-refractivity contribution in [1.82, 2.24) is 15.1 Å². The zero-order chi connectivity index (χ0) is 10.5. The highest BCUT2D eigenvalue weighted by atomic mass is 32.1. The Morgan fingerprint density at radius 2 is 2.40 bits per heavy atom. The zero-order valence-corrected chi connectivity index (χ0v) is 9.63. The Bertz CT molecular complexity index is 392. The number of hydrogen-bond acceptors (Lipinski definition) is 3. The lowest BCUT2D eigenvalue weighted by Crippen LogP contribution is -2.04. The molecule has 0 saturated carbocycles. The van der Waals surface area contributed by atoms with Crippen LogP contribution in [0.3, 0.4) is 0 Å². The fourth-order valence-corrected chi connectivity index (χ4v) is 2.21. The van der Waals surface area contributed by atoms with Crippen molar-refractivity contribution in [3.05, 3.63) is 40.3 Å². The van der Waals surface area contributed by atoms with E-state index in [9.17, 15) is 0 Å². The van der Waals surface area contributed by atoms with Crippen LogP contribution in [0, 0.1) is 0 Å². The summed E-state index contributed by atoms with van der Waals surface area (Å²) in [5, 5.41) is 11.7. The molecule has 0 radical (unpaired) electrons. The van der Waals surface area contributed by atoms with E-state index in [0.717, 1.165) is 19.5 Å². The first-order chi connectivity index (χ1) is 7.38. The van der Waals surface area contributed by atoms with Gasteiger partial charge >= 0.3 is 0 Å². The van der Waals surface area contributed by atoms with Gasteiger partial charge in [-0.3, -0.25) is 4.68 Å². The normalized spacial score (nSPS) is 10.7. The third kappa shape index (κ3) is 2.91. The Kier molecular flexibility index (Phi) is 3.53. The number of rotatable bonds is 5. The molecule has 0 fully saturated rings. The lowest BCUT2D eigenvalue weighted by Gasteiger charge is -1.99. The van der Waals surface area contributed by atoms with Gasteiger partial charge in [-0.1, -0.05) is 0 Å². The number of nitrogens with one attached hydrogen (secondary N) is 1. The maximum absolute atomic E-state index is 4.31. The van der Waals surface area contributed by atoms with Gasteiger partial charge in [0, 0.05) is 24.8 Å². The minimum atomic E-state index is 0.887. The lowest BCUT2D eigenvalue weighted by molar-refractivity contribution is 0.614. The zero-order valence-electron chi connectivity index (χ0n) is 8.81. The van der Waals surface area contributed by atoms with Crippen LogP contribution in [0.1, 0.15) is 11.1 Å². The molecule has 2 heterocycles. The van der Waals surface area contributed by atoms with Gasteiger partial charge in [-0.25, -0.2) is 0 Å². The van der Waals surface area contributed by atoms with Crippen LogP contribution in [0.5, 0.6) is 0 Å². The van der Waals surface area contributed by atoms with Crippen LogP contribution in [0.2, 0.25) is 0 Å². The molecule has 0 aromatic carbocycles. The van der Waals surface area contributed by atoms with Gasteiger partial charge in [0.1, 0.15) is 0 Å². The number of nitrogens with zero attached hydrogens (tertiary/aromatic N) is 2. The maximum atomic E-state index is 4.31. The van der Waals surface area contributed by atoms with Crippen molar-refractivity contribution in [2.75, 3.05) is 7.05 Å². The molecule has 2 aromatic heterocycles. The SMILES string of the molecule is CNCc1cnn(CCc2ccsc2)c1. The van der Waals surface area contributed by atoms with E-state index in [1.165, 1.54) is 11.1 Å². The Balaban J connectivity index is 1.88. The van der Waals surface area contributed by atoms with E-state index < -0.39 is 0 Å². The Morgan fingerprint density at radius 1 is 1.47 bits per heavy atom. The van der Waals surface area contributed by atoms with E-state index in [-0.39, 0.29) is 0 Å². The predicted octanol–water partition coefficient (Wildman–Crippen LogP) is 1.91. The van der Waals surface area contributed by atoms with Crippen LogP contribution in [0.15, 0.2) is 29.2 Å². The molecule has 0 saturated heterocycles. The highest BCUT2D eigenvalue weighted by Gasteiger charge is 1.98. The molecule has 3 nitrogen and oxygen atoms in total. The molecule has 0 aliphatic carbocycles. The van der Waals surface area contributed by atoms with Crippen LogP contribution in [-0.4, -0.2) is 16.8 Å². The molecule has 80 valence electrons. The molecule has 0 atom stereocenters. The fraction of sp³-hybridized carbons (Fsp3) is 0.364. The van der Waals surface area contributed by atoms with E-state index in [1.807, 2.05) is 17.9 Å². The second-order valence-electron chi connectivity index (χ2n) is 3.52. The van der Waals surface area contributed by atoms with E-state index in [2.05, 4.69) is 33.4 Å². The van der Waals surface area contributed by atoms with Crippen LogP contribution in [-0.2, 0) is 19.5 Å². The van der Waals surface area contributed by atoms with Crippen molar-refractivity contribution in [3.63, 3.8) is 0 Å². The summed E-state index contributed by atoms with van der Waals surface area (Å²) >= 11 is 1.75. The molecule has 0 aliphatic rings. The molecule has 2 aromatic rings. The summed E-state index contributed by atoms with van der Waals surface area (Å²) in [6.07, 6.45) is 5.08. The number of aryl methyl sites for hydroxylation is 2. The van der Waals surface area contributed by atoms with Crippen molar-refractivity contribution in [2.24, 2.45) is 0 Å². The molecular formula is C11H15N3S. The smallest absolute Gasteiger partial charge is 0.0534 e. The first-order valence-corrected chi connectivity index (χ1v) is 6.00.